The Bertz CT molecular complexity index is 1120. The molecule has 1 aliphatic heterocycles. The highest BCUT2D eigenvalue weighted by molar-refractivity contribution is 7.20. The molecular formula is C20H20N2O5S. The molecule has 8 heteroatoms. The third-order valence-electron chi connectivity index (χ3n) is 4.83. The van der Waals surface area contributed by atoms with Crippen molar-refractivity contribution in [2.75, 3.05) is 6.61 Å². The molecule has 0 aliphatic carbocycles. The van der Waals surface area contributed by atoms with Gasteiger partial charge in [0.1, 0.15) is 16.3 Å². The maximum Gasteiger partial charge on any atom is 0.348 e. The molecule has 2 aromatic heterocycles. The number of carbonyl (C=O) groups is 1. The fourth-order valence-electron chi connectivity index (χ4n) is 3.33. The van der Waals surface area contributed by atoms with Crippen LogP contribution in [0.25, 0.3) is 10.2 Å². The van der Waals surface area contributed by atoms with E-state index in [4.69, 9.17) is 9.47 Å². The fraction of sp³-hybridized carbons (Fsp3) is 0.350. The zero-order valence-electron chi connectivity index (χ0n) is 15.4. The van der Waals surface area contributed by atoms with Gasteiger partial charge in [-0.1, -0.05) is 30.3 Å². The second-order valence-corrected chi connectivity index (χ2v) is 7.81. The number of nitrogens with zero attached hydrogens (tertiary/aromatic N) is 2. The highest BCUT2D eigenvalue weighted by Gasteiger charge is 2.22. The number of carbonyl (C=O) groups excluding carboxylic acids is 1. The molecule has 3 heterocycles. The summed E-state index contributed by atoms with van der Waals surface area (Å²) in [5.41, 5.74) is 0.0780. The van der Waals surface area contributed by atoms with Gasteiger partial charge >= 0.3 is 11.7 Å². The van der Waals surface area contributed by atoms with Gasteiger partial charge in [0, 0.05) is 13.7 Å². The first kappa shape index (κ1) is 18.6. The van der Waals surface area contributed by atoms with Crippen molar-refractivity contribution in [1.29, 1.82) is 0 Å². The minimum atomic E-state index is -0.512. The van der Waals surface area contributed by atoms with Gasteiger partial charge in [-0.25, -0.2) is 9.59 Å². The summed E-state index contributed by atoms with van der Waals surface area (Å²) in [6, 6.07) is 10.9. The summed E-state index contributed by atoms with van der Waals surface area (Å²) in [6.07, 6.45) is 1.63. The number of thiophene rings is 1. The lowest BCUT2D eigenvalue weighted by atomic mass is 10.2. The summed E-state index contributed by atoms with van der Waals surface area (Å²) in [7, 11) is 1.60. The Balaban J connectivity index is 1.63. The average Bonchev–Trinajstić information content (AvgIpc) is 3.38. The second kappa shape index (κ2) is 7.73. The Hall–Kier alpha value is -2.71. The van der Waals surface area contributed by atoms with E-state index in [0.717, 1.165) is 29.7 Å². The van der Waals surface area contributed by atoms with E-state index in [1.54, 1.807) is 7.05 Å². The van der Waals surface area contributed by atoms with Crippen LogP contribution in [-0.2, 0) is 29.7 Å². The summed E-state index contributed by atoms with van der Waals surface area (Å²) in [4.78, 5) is 38.7. The van der Waals surface area contributed by atoms with E-state index in [1.165, 1.54) is 15.2 Å². The van der Waals surface area contributed by atoms with Gasteiger partial charge < -0.3 is 9.47 Å². The van der Waals surface area contributed by atoms with Gasteiger partial charge in [0.25, 0.3) is 5.56 Å². The smallest absolute Gasteiger partial charge is 0.348 e. The lowest BCUT2D eigenvalue weighted by Gasteiger charge is -2.12. The molecule has 3 aromatic rings. The van der Waals surface area contributed by atoms with Crippen LogP contribution >= 0.6 is 11.3 Å². The number of fused-ring (bicyclic) bond motifs is 1. The van der Waals surface area contributed by atoms with E-state index in [-0.39, 0.29) is 19.3 Å². The maximum atomic E-state index is 12.9. The van der Waals surface area contributed by atoms with Crippen LogP contribution < -0.4 is 11.2 Å². The van der Waals surface area contributed by atoms with Crippen molar-refractivity contribution < 1.29 is 14.3 Å². The third kappa shape index (κ3) is 3.53. The van der Waals surface area contributed by atoms with Crippen LogP contribution in [0.4, 0.5) is 0 Å². The molecule has 4 rings (SSSR count). The monoisotopic (exact) mass is 400 g/mol. The van der Waals surface area contributed by atoms with E-state index >= 15 is 0 Å². The Morgan fingerprint density at radius 1 is 1.29 bits per heavy atom. The topological polar surface area (TPSA) is 79.5 Å². The third-order valence-corrected chi connectivity index (χ3v) is 6.03. The van der Waals surface area contributed by atoms with Crippen LogP contribution in [0.1, 0.15) is 28.1 Å². The molecule has 0 amide bonds. The molecule has 0 bridgehead atoms. The Morgan fingerprint density at radius 3 is 2.79 bits per heavy atom. The molecule has 28 heavy (non-hydrogen) atoms. The van der Waals surface area contributed by atoms with Crippen molar-refractivity contribution in [3.63, 3.8) is 0 Å². The van der Waals surface area contributed by atoms with Crippen LogP contribution in [-0.4, -0.2) is 27.8 Å². The minimum absolute atomic E-state index is 0.128. The number of aromatic nitrogens is 2. The molecule has 146 valence electrons. The van der Waals surface area contributed by atoms with E-state index < -0.39 is 17.2 Å². The second-order valence-electron chi connectivity index (χ2n) is 6.78. The quantitative estimate of drug-likeness (QED) is 0.614. The van der Waals surface area contributed by atoms with E-state index in [9.17, 15) is 14.4 Å². The SMILES string of the molecule is Cn1c(=O)n(CC2CCCO2)c(=O)c2cc(C(=O)OCc3ccccc3)sc21. The van der Waals surface area contributed by atoms with Crippen molar-refractivity contribution in [3.8, 4) is 0 Å². The van der Waals surface area contributed by atoms with Crippen molar-refractivity contribution >= 4 is 27.5 Å². The lowest BCUT2D eigenvalue weighted by molar-refractivity contribution is 0.0478. The number of hydrogen-bond acceptors (Lipinski definition) is 6. The van der Waals surface area contributed by atoms with Crippen LogP contribution in [0, 0.1) is 0 Å². The number of ether oxygens (including phenoxy) is 2. The molecular weight excluding hydrogens is 380 g/mol. The number of rotatable bonds is 5. The number of esters is 1. The molecule has 1 aliphatic rings. The van der Waals surface area contributed by atoms with Crippen molar-refractivity contribution in [2.45, 2.75) is 32.1 Å². The van der Waals surface area contributed by atoms with Gasteiger partial charge in [-0.2, -0.15) is 0 Å². The molecule has 0 radical (unpaired) electrons. The minimum Gasteiger partial charge on any atom is -0.457 e. The van der Waals surface area contributed by atoms with E-state index in [1.807, 2.05) is 30.3 Å². The first-order valence-corrected chi connectivity index (χ1v) is 9.92. The molecule has 7 nitrogen and oxygen atoms in total. The molecule has 0 saturated carbocycles. The summed E-state index contributed by atoms with van der Waals surface area (Å²) in [6.45, 7) is 1.03. The van der Waals surface area contributed by atoms with Gasteiger partial charge in [-0.15, -0.1) is 11.3 Å². The predicted octanol–water partition coefficient (Wildman–Crippen LogP) is 2.30. The summed E-state index contributed by atoms with van der Waals surface area (Å²) in [5.74, 6) is -0.512. The highest BCUT2D eigenvalue weighted by atomic mass is 32.1. The van der Waals surface area contributed by atoms with E-state index in [2.05, 4.69) is 0 Å². The molecule has 1 fully saturated rings. The normalized spacial score (nSPS) is 16.5. The summed E-state index contributed by atoms with van der Waals surface area (Å²) in [5, 5.41) is 0.344. The molecule has 1 atom stereocenters. The molecule has 1 unspecified atom stereocenters. The number of benzene rings is 1. The van der Waals surface area contributed by atoms with Crippen LogP contribution in [0.2, 0.25) is 0 Å². The molecule has 1 aromatic carbocycles. The Kier molecular flexibility index (Phi) is 5.15. The predicted molar refractivity (Wildman–Crippen MR) is 106 cm³/mol. The van der Waals surface area contributed by atoms with Gasteiger partial charge in [0.05, 0.1) is 18.0 Å². The van der Waals surface area contributed by atoms with Gasteiger partial charge in [0.2, 0.25) is 0 Å². The van der Waals surface area contributed by atoms with E-state index in [0.29, 0.717) is 21.7 Å². The molecule has 0 spiro atoms. The van der Waals surface area contributed by atoms with Crippen molar-refractivity contribution in [1.82, 2.24) is 9.13 Å². The first-order chi connectivity index (χ1) is 13.5. The van der Waals surface area contributed by atoms with Gasteiger partial charge in [-0.05, 0) is 24.5 Å². The standard InChI is InChI=1S/C20H20N2O5S/c1-21-18-15(17(23)22(20(21)25)11-14-8-5-9-26-14)10-16(28-18)19(24)27-12-13-6-3-2-4-7-13/h2-4,6-7,10,14H,5,8-9,11-12H2,1H3. The highest BCUT2D eigenvalue weighted by Crippen LogP contribution is 2.23. The van der Waals surface area contributed by atoms with Gasteiger partial charge in [0.15, 0.2) is 0 Å². The molecule has 1 saturated heterocycles. The first-order valence-electron chi connectivity index (χ1n) is 9.10. The fourth-order valence-corrected chi connectivity index (χ4v) is 4.33. The van der Waals surface area contributed by atoms with Crippen LogP contribution in [0.5, 0.6) is 0 Å². The maximum absolute atomic E-state index is 12.9. The van der Waals surface area contributed by atoms with Crippen molar-refractivity contribution in [3.05, 3.63) is 67.7 Å². The van der Waals surface area contributed by atoms with Crippen molar-refractivity contribution in [2.24, 2.45) is 7.05 Å². The summed E-state index contributed by atoms with van der Waals surface area (Å²) >= 11 is 1.09. The Labute approximate surface area is 164 Å². The number of hydrogen-bond donors (Lipinski definition) is 0. The van der Waals surface area contributed by atoms with Crippen LogP contribution in [0.15, 0.2) is 46.0 Å². The largest absolute Gasteiger partial charge is 0.457 e. The Morgan fingerprint density at radius 2 is 2.07 bits per heavy atom. The number of aryl methyl sites for hydroxylation is 1. The molecule has 0 N–H and O–H groups in total. The summed E-state index contributed by atoms with van der Waals surface area (Å²) < 4.78 is 13.5. The van der Waals surface area contributed by atoms with Crippen LogP contribution in [0.3, 0.4) is 0 Å². The lowest BCUT2D eigenvalue weighted by Crippen LogP contribution is -2.41. The zero-order chi connectivity index (χ0) is 19.7. The van der Waals surface area contributed by atoms with Gasteiger partial charge in [-0.3, -0.25) is 13.9 Å². The average molecular weight is 400 g/mol. The zero-order valence-corrected chi connectivity index (χ0v) is 16.2.